The van der Waals surface area contributed by atoms with Crippen LogP contribution < -0.4 is 10.6 Å². The summed E-state index contributed by atoms with van der Waals surface area (Å²) in [5.41, 5.74) is 0.654. The lowest BCUT2D eigenvalue weighted by molar-refractivity contribution is -0.115. The Morgan fingerprint density at radius 3 is 2.50 bits per heavy atom. The molecule has 2 heterocycles. The minimum Gasteiger partial charge on any atom is -0.459 e. The Balaban J connectivity index is 1.55. The van der Waals surface area contributed by atoms with Gasteiger partial charge in [-0.15, -0.1) is 11.8 Å². The number of amides is 2. The molecule has 0 saturated carbocycles. The zero-order valence-corrected chi connectivity index (χ0v) is 14.8. The second-order valence-corrected chi connectivity index (χ2v) is 6.83. The summed E-state index contributed by atoms with van der Waals surface area (Å²) in [6.45, 7) is 1.83. The number of carbonyl (C=O) groups excluding carboxylic acids is 2. The molecule has 0 bridgehead atoms. The van der Waals surface area contributed by atoms with Crippen LogP contribution in [0, 0.1) is 0 Å². The van der Waals surface area contributed by atoms with Crippen LogP contribution in [-0.2, 0) is 4.79 Å². The SMILES string of the molecule is CC(Sc1ccc(NC(=O)c2ccco2)cc1)C(=O)Nc1ccccn1. The van der Waals surface area contributed by atoms with Gasteiger partial charge in [0.2, 0.25) is 5.91 Å². The minimum absolute atomic E-state index is 0.121. The van der Waals surface area contributed by atoms with E-state index in [1.807, 2.05) is 25.1 Å². The number of nitrogens with one attached hydrogen (secondary N) is 2. The first-order chi connectivity index (χ1) is 12.6. The van der Waals surface area contributed by atoms with Gasteiger partial charge in [-0.05, 0) is 55.5 Å². The van der Waals surface area contributed by atoms with Crippen molar-refractivity contribution in [1.29, 1.82) is 0 Å². The van der Waals surface area contributed by atoms with Crippen LogP contribution in [0.1, 0.15) is 17.5 Å². The summed E-state index contributed by atoms with van der Waals surface area (Å²) in [4.78, 5) is 29.2. The Labute approximate surface area is 155 Å². The quantitative estimate of drug-likeness (QED) is 0.642. The number of aromatic nitrogens is 1. The molecule has 3 aromatic rings. The van der Waals surface area contributed by atoms with E-state index in [4.69, 9.17) is 4.42 Å². The molecule has 0 spiro atoms. The smallest absolute Gasteiger partial charge is 0.291 e. The molecular formula is C19H17N3O3S. The van der Waals surface area contributed by atoms with E-state index in [1.54, 1.807) is 42.6 Å². The first kappa shape index (κ1) is 17.8. The van der Waals surface area contributed by atoms with Gasteiger partial charge in [0.25, 0.3) is 5.91 Å². The lowest BCUT2D eigenvalue weighted by atomic mass is 10.3. The van der Waals surface area contributed by atoms with Gasteiger partial charge < -0.3 is 15.1 Å². The van der Waals surface area contributed by atoms with Gasteiger partial charge >= 0.3 is 0 Å². The van der Waals surface area contributed by atoms with Gasteiger partial charge in [0.1, 0.15) is 5.82 Å². The molecule has 0 aliphatic carbocycles. The molecule has 2 amide bonds. The maximum atomic E-state index is 12.2. The van der Waals surface area contributed by atoms with E-state index < -0.39 is 0 Å². The van der Waals surface area contributed by atoms with E-state index in [2.05, 4.69) is 15.6 Å². The Hall–Kier alpha value is -3.06. The zero-order chi connectivity index (χ0) is 18.4. The highest BCUT2D eigenvalue weighted by molar-refractivity contribution is 8.00. The van der Waals surface area contributed by atoms with Crippen molar-refractivity contribution in [2.45, 2.75) is 17.1 Å². The Morgan fingerprint density at radius 1 is 1.04 bits per heavy atom. The van der Waals surface area contributed by atoms with Crippen molar-refractivity contribution in [3.05, 3.63) is 72.8 Å². The topological polar surface area (TPSA) is 84.2 Å². The number of nitrogens with zero attached hydrogens (tertiary/aromatic N) is 1. The number of furan rings is 1. The molecule has 132 valence electrons. The van der Waals surface area contributed by atoms with E-state index in [9.17, 15) is 9.59 Å². The fourth-order valence-corrected chi connectivity index (χ4v) is 3.01. The third-order valence-electron chi connectivity index (χ3n) is 3.46. The Bertz CT molecular complexity index is 865. The fourth-order valence-electron chi connectivity index (χ4n) is 2.14. The third-order valence-corrected chi connectivity index (χ3v) is 4.57. The Morgan fingerprint density at radius 2 is 1.85 bits per heavy atom. The van der Waals surface area contributed by atoms with Gasteiger partial charge in [0.15, 0.2) is 5.76 Å². The van der Waals surface area contributed by atoms with E-state index in [1.165, 1.54) is 18.0 Å². The molecule has 26 heavy (non-hydrogen) atoms. The van der Waals surface area contributed by atoms with E-state index in [0.29, 0.717) is 11.5 Å². The largest absolute Gasteiger partial charge is 0.459 e. The summed E-state index contributed by atoms with van der Waals surface area (Å²) < 4.78 is 5.05. The molecule has 2 aromatic heterocycles. The maximum Gasteiger partial charge on any atom is 0.291 e. The molecule has 0 aliphatic rings. The van der Waals surface area contributed by atoms with Crippen molar-refractivity contribution in [1.82, 2.24) is 4.98 Å². The molecule has 1 aromatic carbocycles. The van der Waals surface area contributed by atoms with Gasteiger partial charge in [0, 0.05) is 16.8 Å². The molecule has 0 fully saturated rings. The summed E-state index contributed by atoms with van der Waals surface area (Å²) in [5.74, 6) is 0.353. The van der Waals surface area contributed by atoms with Crippen LogP contribution in [0.25, 0.3) is 0 Å². The number of benzene rings is 1. The van der Waals surface area contributed by atoms with Crippen LogP contribution in [0.3, 0.4) is 0 Å². The van der Waals surface area contributed by atoms with Gasteiger partial charge in [-0.25, -0.2) is 4.98 Å². The highest BCUT2D eigenvalue weighted by Crippen LogP contribution is 2.25. The molecule has 0 aliphatic heterocycles. The van der Waals surface area contributed by atoms with Crippen molar-refractivity contribution in [3.8, 4) is 0 Å². The first-order valence-corrected chi connectivity index (χ1v) is 8.83. The summed E-state index contributed by atoms with van der Waals surface area (Å²) in [7, 11) is 0. The van der Waals surface area contributed by atoms with Crippen molar-refractivity contribution < 1.29 is 14.0 Å². The maximum absolute atomic E-state index is 12.2. The molecular weight excluding hydrogens is 350 g/mol. The van der Waals surface area contributed by atoms with Crippen molar-refractivity contribution in [2.75, 3.05) is 10.6 Å². The number of rotatable bonds is 6. The first-order valence-electron chi connectivity index (χ1n) is 7.95. The molecule has 0 saturated heterocycles. The summed E-state index contributed by atoms with van der Waals surface area (Å²) in [6.07, 6.45) is 3.08. The lowest BCUT2D eigenvalue weighted by Crippen LogP contribution is -2.22. The number of anilines is 2. The molecule has 0 radical (unpaired) electrons. The van der Waals surface area contributed by atoms with Crippen LogP contribution >= 0.6 is 11.8 Å². The summed E-state index contributed by atoms with van der Waals surface area (Å²) >= 11 is 1.43. The van der Waals surface area contributed by atoms with Crippen LogP contribution in [0.2, 0.25) is 0 Å². The Kier molecular flexibility index (Phi) is 5.70. The summed E-state index contributed by atoms with van der Waals surface area (Å²) in [5, 5.41) is 5.24. The van der Waals surface area contributed by atoms with Crippen LogP contribution in [0.5, 0.6) is 0 Å². The molecule has 1 atom stereocenters. The van der Waals surface area contributed by atoms with Gasteiger partial charge in [-0.2, -0.15) is 0 Å². The minimum atomic E-state index is -0.307. The van der Waals surface area contributed by atoms with E-state index in [0.717, 1.165) is 4.90 Å². The molecule has 3 rings (SSSR count). The average Bonchev–Trinajstić information content (AvgIpc) is 3.19. The second-order valence-electron chi connectivity index (χ2n) is 5.42. The number of hydrogen-bond acceptors (Lipinski definition) is 5. The van der Waals surface area contributed by atoms with Crippen LogP contribution in [0.4, 0.5) is 11.5 Å². The van der Waals surface area contributed by atoms with Crippen LogP contribution in [0.15, 0.2) is 76.4 Å². The lowest BCUT2D eigenvalue weighted by Gasteiger charge is -2.12. The van der Waals surface area contributed by atoms with Gasteiger partial charge in [0.05, 0.1) is 11.5 Å². The molecule has 1 unspecified atom stereocenters. The average molecular weight is 367 g/mol. The summed E-state index contributed by atoms with van der Waals surface area (Å²) in [6, 6.07) is 15.9. The van der Waals surface area contributed by atoms with E-state index in [-0.39, 0.29) is 22.8 Å². The molecule has 6 nitrogen and oxygen atoms in total. The van der Waals surface area contributed by atoms with Gasteiger partial charge in [-0.1, -0.05) is 6.07 Å². The molecule has 7 heteroatoms. The fraction of sp³-hybridized carbons (Fsp3) is 0.105. The van der Waals surface area contributed by atoms with Gasteiger partial charge in [-0.3, -0.25) is 9.59 Å². The predicted molar refractivity (Wildman–Crippen MR) is 101 cm³/mol. The van der Waals surface area contributed by atoms with Crippen molar-refractivity contribution >= 4 is 35.1 Å². The van der Waals surface area contributed by atoms with Crippen molar-refractivity contribution in [2.24, 2.45) is 0 Å². The van der Waals surface area contributed by atoms with E-state index >= 15 is 0 Å². The second kappa shape index (κ2) is 8.35. The number of carbonyl (C=O) groups is 2. The standard InChI is InChI=1S/C19H17N3O3S/c1-13(18(23)22-17-6-2-3-11-20-17)26-15-9-7-14(8-10-15)21-19(24)16-5-4-12-25-16/h2-13H,1H3,(H,21,24)(H,20,22,23). The predicted octanol–water partition coefficient (Wildman–Crippen LogP) is 4.05. The number of hydrogen-bond donors (Lipinski definition) is 2. The number of pyridine rings is 1. The van der Waals surface area contributed by atoms with Crippen molar-refractivity contribution in [3.63, 3.8) is 0 Å². The molecule has 2 N–H and O–H groups in total. The highest BCUT2D eigenvalue weighted by Gasteiger charge is 2.15. The third kappa shape index (κ3) is 4.73. The highest BCUT2D eigenvalue weighted by atomic mass is 32.2. The number of thioether (sulfide) groups is 1. The monoisotopic (exact) mass is 367 g/mol. The zero-order valence-electron chi connectivity index (χ0n) is 14.0. The normalized spacial score (nSPS) is 11.6. The van der Waals surface area contributed by atoms with Crippen LogP contribution in [-0.4, -0.2) is 22.0 Å².